The van der Waals surface area contributed by atoms with E-state index in [-0.39, 0.29) is 24.8 Å². The molecule has 0 saturated heterocycles. The topological polar surface area (TPSA) is 122 Å². The van der Waals surface area contributed by atoms with E-state index in [0.29, 0.717) is 22.6 Å². The summed E-state index contributed by atoms with van der Waals surface area (Å²) in [6.45, 7) is 2.06. The van der Waals surface area contributed by atoms with E-state index in [1.54, 1.807) is 48.9 Å². The van der Waals surface area contributed by atoms with Gasteiger partial charge in [-0.25, -0.2) is 4.98 Å². The third kappa shape index (κ3) is 7.93. The molecular formula is C32H25N5O3PRu. The minimum atomic E-state index is -4.39. The maximum absolute atomic E-state index is 11.6. The molecule has 6 rings (SSSR count). The van der Waals surface area contributed by atoms with Crippen molar-refractivity contribution in [3.63, 3.8) is 0 Å². The van der Waals surface area contributed by atoms with Gasteiger partial charge < -0.3 is 9.79 Å². The van der Waals surface area contributed by atoms with E-state index in [0.717, 1.165) is 28.3 Å². The molecule has 1 aromatic carbocycles. The predicted octanol–water partition coefficient (Wildman–Crippen LogP) is 5.93. The Hall–Kier alpha value is -4.26. The second-order valence-electron chi connectivity index (χ2n) is 8.98. The Balaban J connectivity index is 0.000000190. The summed E-state index contributed by atoms with van der Waals surface area (Å²) < 4.78 is 11.6. The van der Waals surface area contributed by atoms with Crippen LogP contribution in [0.4, 0.5) is 0 Å². The molecule has 0 spiro atoms. The van der Waals surface area contributed by atoms with E-state index in [1.165, 1.54) is 12.1 Å². The molecular weight excluding hydrogens is 634 g/mol. The van der Waals surface area contributed by atoms with Crippen LogP contribution in [-0.2, 0) is 24.0 Å². The first kappa shape index (κ1) is 30.7. The van der Waals surface area contributed by atoms with E-state index < -0.39 is 7.60 Å². The third-order valence-electron chi connectivity index (χ3n) is 5.88. The Bertz CT molecular complexity index is 1670. The Labute approximate surface area is 256 Å². The van der Waals surface area contributed by atoms with Gasteiger partial charge in [0.25, 0.3) is 0 Å². The van der Waals surface area contributed by atoms with Gasteiger partial charge in [0.2, 0.25) is 0 Å². The number of aryl methyl sites for hydroxylation is 1. The van der Waals surface area contributed by atoms with Crippen molar-refractivity contribution in [3.8, 4) is 45.4 Å². The van der Waals surface area contributed by atoms with Crippen LogP contribution in [0, 0.1) is 13.0 Å². The molecule has 10 heteroatoms. The molecule has 0 fully saturated rings. The van der Waals surface area contributed by atoms with E-state index >= 15 is 0 Å². The number of nitrogens with zero attached hydrogens (tertiary/aromatic N) is 5. The first-order valence-electron chi connectivity index (χ1n) is 12.6. The maximum Gasteiger partial charge on any atom is 1.00 e. The van der Waals surface area contributed by atoms with Crippen LogP contribution in [0.1, 0.15) is 5.56 Å². The molecule has 209 valence electrons. The summed E-state index contributed by atoms with van der Waals surface area (Å²) in [6.07, 6.45) is 5.16. The number of hydrogen-bond acceptors (Lipinski definition) is 6. The summed E-state index contributed by atoms with van der Waals surface area (Å²) in [5.74, 6) is 0. The first-order valence-corrected chi connectivity index (χ1v) is 14.3. The van der Waals surface area contributed by atoms with Gasteiger partial charge in [-0.1, -0.05) is 24.3 Å². The average molecular weight is 660 g/mol. The number of aromatic nitrogens is 5. The normalized spacial score (nSPS) is 10.6. The fraction of sp³-hybridized carbons (Fsp3) is 0.0312. The van der Waals surface area contributed by atoms with Gasteiger partial charge in [0.1, 0.15) is 0 Å². The molecule has 0 aliphatic heterocycles. The van der Waals surface area contributed by atoms with Crippen LogP contribution >= 0.6 is 7.60 Å². The molecule has 42 heavy (non-hydrogen) atoms. The van der Waals surface area contributed by atoms with Crippen molar-refractivity contribution in [3.05, 3.63) is 133 Å². The number of pyridine rings is 5. The van der Waals surface area contributed by atoms with Crippen molar-refractivity contribution in [1.29, 1.82) is 0 Å². The number of benzene rings is 1. The second kappa shape index (κ2) is 14.1. The summed E-state index contributed by atoms with van der Waals surface area (Å²) in [4.78, 5) is 40.9. The van der Waals surface area contributed by atoms with Gasteiger partial charge in [-0.05, 0) is 72.8 Å². The zero-order chi connectivity index (χ0) is 28.7. The fourth-order valence-electron chi connectivity index (χ4n) is 3.98. The Morgan fingerprint density at radius 3 is 1.48 bits per heavy atom. The van der Waals surface area contributed by atoms with Crippen molar-refractivity contribution >= 4 is 12.9 Å². The van der Waals surface area contributed by atoms with E-state index in [2.05, 4.69) is 37.9 Å². The van der Waals surface area contributed by atoms with E-state index in [4.69, 9.17) is 0 Å². The molecule has 5 heterocycles. The van der Waals surface area contributed by atoms with Crippen LogP contribution in [-0.4, -0.2) is 34.7 Å². The molecule has 6 aromatic rings. The quantitative estimate of drug-likeness (QED) is 0.133. The molecule has 0 atom stereocenters. The molecule has 2 N–H and O–H groups in total. The SMILES string of the molecule is Cc1cc(-c2ccccn2)nc(-c2ccccn2)c1.O=P(O)(O)c1cc(-c2[c-]cccc2)nc(-c2ccccn2)c1.[Ru+]. The average Bonchev–Trinajstić information content (AvgIpc) is 3.02. The van der Waals surface area contributed by atoms with Gasteiger partial charge in [0.15, 0.2) is 0 Å². The Morgan fingerprint density at radius 2 is 1.05 bits per heavy atom. The van der Waals surface area contributed by atoms with Crippen LogP contribution < -0.4 is 5.30 Å². The maximum atomic E-state index is 11.6. The zero-order valence-electron chi connectivity index (χ0n) is 22.4. The van der Waals surface area contributed by atoms with Crippen LogP contribution in [0.25, 0.3) is 45.4 Å². The first-order chi connectivity index (χ1) is 19.9. The Kier molecular flexibility index (Phi) is 10.3. The van der Waals surface area contributed by atoms with Crippen LogP contribution in [0.5, 0.6) is 0 Å². The molecule has 0 saturated carbocycles. The molecule has 0 aliphatic carbocycles. The van der Waals surface area contributed by atoms with Gasteiger partial charge in [0, 0.05) is 18.6 Å². The van der Waals surface area contributed by atoms with Gasteiger partial charge in [-0.3, -0.25) is 24.5 Å². The molecule has 8 nitrogen and oxygen atoms in total. The van der Waals surface area contributed by atoms with Crippen LogP contribution in [0.3, 0.4) is 0 Å². The van der Waals surface area contributed by atoms with Crippen molar-refractivity contribution in [2.45, 2.75) is 6.92 Å². The standard InChI is InChI=1S/C16H13N3.C16H12N2O3P.Ru/c1-12-10-15(13-6-2-4-8-17-13)19-16(11-12)14-7-3-5-9-18-14;19-22(20,21)13-10-15(12-6-2-1-3-7-12)18-16(11-13)14-8-4-5-9-17-14;/h2-11H,1H3;1-6,8-11H,(H2,19,20,21);/q;-1;+1. The summed E-state index contributed by atoms with van der Waals surface area (Å²) in [7, 11) is -4.39. The monoisotopic (exact) mass is 660 g/mol. The molecule has 0 aliphatic rings. The Morgan fingerprint density at radius 1 is 0.595 bits per heavy atom. The minimum absolute atomic E-state index is 0. The molecule has 1 radical (unpaired) electrons. The zero-order valence-corrected chi connectivity index (χ0v) is 25.0. The van der Waals surface area contributed by atoms with Crippen LogP contribution in [0.15, 0.2) is 122 Å². The van der Waals surface area contributed by atoms with Crippen LogP contribution in [0.2, 0.25) is 0 Å². The second-order valence-corrected chi connectivity index (χ2v) is 10.6. The number of hydrogen-bond donors (Lipinski definition) is 2. The van der Waals surface area contributed by atoms with Crippen molar-refractivity contribution < 1.29 is 33.8 Å². The molecule has 0 bridgehead atoms. The van der Waals surface area contributed by atoms with Crippen molar-refractivity contribution in [2.75, 3.05) is 0 Å². The summed E-state index contributed by atoms with van der Waals surface area (Å²) in [5, 5.41) is -0.0876. The van der Waals surface area contributed by atoms with Gasteiger partial charge in [-0.2, -0.15) is 0 Å². The van der Waals surface area contributed by atoms with E-state index in [1.807, 2.05) is 60.7 Å². The fourth-order valence-corrected chi connectivity index (χ4v) is 4.56. The van der Waals surface area contributed by atoms with Gasteiger partial charge in [0.05, 0.1) is 39.5 Å². The minimum Gasteiger partial charge on any atom is -0.321 e. The predicted molar refractivity (Wildman–Crippen MR) is 159 cm³/mol. The van der Waals surface area contributed by atoms with Crippen molar-refractivity contribution in [2.24, 2.45) is 0 Å². The summed E-state index contributed by atoms with van der Waals surface area (Å²) >= 11 is 0. The summed E-state index contributed by atoms with van der Waals surface area (Å²) in [5.41, 5.74) is 6.73. The summed E-state index contributed by atoms with van der Waals surface area (Å²) in [6, 6.07) is 33.9. The van der Waals surface area contributed by atoms with Gasteiger partial charge >= 0.3 is 27.1 Å². The van der Waals surface area contributed by atoms with Crippen molar-refractivity contribution in [1.82, 2.24) is 24.9 Å². The largest absolute Gasteiger partial charge is 1.00 e. The molecule has 5 aromatic heterocycles. The molecule has 0 amide bonds. The molecule has 0 unspecified atom stereocenters. The number of rotatable bonds is 5. The smallest absolute Gasteiger partial charge is 0.321 e. The van der Waals surface area contributed by atoms with Gasteiger partial charge in [-0.15, -0.1) is 35.9 Å². The third-order valence-corrected chi connectivity index (χ3v) is 6.81. The van der Waals surface area contributed by atoms with E-state index in [9.17, 15) is 14.4 Å².